The Bertz CT molecular complexity index is 1110. The van der Waals surface area contributed by atoms with Crippen LogP contribution in [-0.2, 0) is 18.9 Å². The standard InChI is InChI=1S/C23H19F6N3O/c24-22(25,26)18-11-15(12-19(13-18)23(27,28)29)6-7-20-30-21(33-31-20)17-5-3-4-16(10-17)14-32-8-1-2-9-32/h3-7,10-13H,1-2,8-9,14H2/b7-6-. The van der Waals surface area contributed by atoms with E-state index in [0.717, 1.165) is 31.3 Å². The van der Waals surface area contributed by atoms with Crippen molar-refractivity contribution in [2.75, 3.05) is 13.1 Å². The Kier molecular flexibility index (Phi) is 6.29. The molecule has 2 aromatic carbocycles. The summed E-state index contributed by atoms with van der Waals surface area (Å²) >= 11 is 0. The van der Waals surface area contributed by atoms with Crippen molar-refractivity contribution < 1.29 is 30.9 Å². The van der Waals surface area contributed by atoms with E-state index in [0.29, 0.717) is 17.7 Å². The monoisotopic (exact) mass is 467 g/mol. The van der Waals surface area contributed by atoms with Gasteiger partial charge in [0.05, 0.1) is 11.1 Å². The average molecular weight is 467 g/mol. The van der Waals surface area contributed by atoms with Gasteiger partial charge in [-0.25, -0.2) is 0 Å². The summed E-state index contributed by atoms with van der Waals surface area (Å²) in [4.78, 5) is 6.53. The molecule has 0 bridgehead atoms. The molecule has 10 heteroatoms. The van der Waals surface area contributed by atoms with Gasteiger partial charge in [-0.2, -0.15) is 31.3 Å². The Balaban J connectivity index is 1.55. The minimum absolute atomic E-state index is 0.0286. The first-order chi connectivity index (χ1) is 15.6. The molecule has 0 aliphatic carbocycles. The number of benzene rings is 2. The van der Waals surface area contributed by atoms with Gasteiger partial charge < -0.3 is 4.52 Å². The Hall–Kier alpha value is -3.14. The van der Waals surface area contributed by atoms with Crippen molar-refractivity contribution in [2.45, 2.75) is 31.7 Å². The van der Waals surface area contributed by atoms with Gasteiger partial charge in [0.15, 0.2) is 5.82 Å². The van der Waals surface area contributed by atoms with Crippen LogP contribution in [0.5, 0.6) is 0 Å². The third-order valence-electron chi connectivity index (χ3n) is 5.26. The van der Waals surface area contributed by atoms with E-state index < -0.39 is 23.5 Å². The molecule has 4 rings (SSSR count). The van der Waals surface area contributed by atoms with Crippen molar-refractivity contribution in [3.63, 3.8) is 0 Å². The van der Waals surface area contributed by atoms with Crippen LogP contribution < -0.4 is 0 Å². The molecule has 0 unspecified atom stereocenters. The highest BCUT2D eigenvalue weighted by atomic mass is 19.4. The van der Waals surface area contributed by atoms with Crippen LogP contribution in [0.25, 0.3) is 23.6 Å². The topological polar surface area (TPSA) is 42.2 Å². The zero-order valence-electron chi connectivity index (χ0n) is 17.2. The second kappa shape index (κ2) is 9.01. The fourth-order valence-corrected chi connectivity index (χ4v) is 3.67. The minimum Gasteiger partial charge on any atom is -0.334 e. The van der Waals surface area contributed by atoms with Gasteiger partial charge in [0.1, 0.15) is 0 Å². The first kappa shape index (κ1) is 23.0. The Morgan fingerprint density at radius 1 is 0.879 bits per heavy atom. The number of halogens is 6. The summed E-state index contributed by atoms with van der Waals surface area (Å²) in [5, 5.41) is 3.76. The molecule has 1 aliphatic rings. The summed E-state index contributed by atoms with van der Waals surface area (Å²) in [6.07, 6.45) is -5.18. The van der Waals surface area contributed by atoms with Gasteiger partial charge in [-0.1, -0.05) is 23.4 Å². The lowest BCUT2D eigenvalue weighted by Gasteiger charge is -2.14. The molecule has 174 valence electrons. The van der Waals surface area contributed by atoms with E-state index in [4.69, 9.17) is 4.52 Å². The van der Waals surface area contributed by atoms with E-state index in [2.05, 4.69) is 15.0 Å². The number of likely N-dealkylation sites (tertiary alicyclic amines) is 1. The van der Waals surface area contributed by atoms with Crippen molar-refractivity contribution in [1.29, 1.82) is 0 Å². The third kappa shape index (κ3) is 5.81. The zero-order valence-corrected chi connectivity index (χ0v) is 17.2. The average Bonchev–Trinajstić information content (AvgIpc) is 3.43. The Morgan fingerprint density at radius 2 is 1.55 bits per heavy atom. The molecule has 2 heterocycles. The van der Waals surface area contributed by atoms with E-state index in [1.807, 2.05) is 18.2 Å². The van der Waals surface area contributed by atoms with Crippen molar-refractivity contribution in [2.24, 2.45) is 0 Å². The maximum atomic E-state index is 13.0. The fraction of sp³-hybridized carbons (Fsp3) is 0.304. The number of aromatic nitrogens is 2. The SMILES string of the molecule is FC(F)(F)c1cc(/C=C\c2noc(-c3cccc(CN4CCCC4)c3)n2)cc(C(F)(F)F)c1. The van der Waals surface area contributed by atoms with Gasteiger partial charge in [0.2, 0.25) is 0 Å². The van der Waals surface area contributed by atoms with Gasteiger partial charge in [0, 0.05) is 12.1 Å². The zero-order chi connectivity index (χ0) is 23.6. The van der Waals surface area contributed by atoms with Gasteiger partial charge >= 0.3 is 12.4 Å². The number of rotatable bonds is 5. The summed E-state index contributed by atoms with van der Waals surface area (Å²) in [6.45, 7) is 2.89. The molecule has 4 nitrogen and oxygen atoms in total. The Labute approximate surface area is 185 Å². The second-order valence-corrected chi connectivity index (χ2v) is 7.81. The van der Waals surface area contributed by atoms with E-state index in [9.17, 15) is 26.3 Å². The summed E-state index contributed by atoms with van der Waals surface area (Å²) < 4.78 is 83.3. The molecule has 0 spiro atoms. The predicted octanol–water partition coefficient (Wildman–Crippen LogP) is 6.54. The van der Waals surface area contributed by atoms with Crippen LogP contribution in [0.4, 0.5) is 26.3 Å². The summed E-state index contributed by atoms with van der Waals surface area (Å²) in [6, 6.07) is 8.91. The van der Waals surface area contributed by atoms with Gasteiger partial charge in [0.25, 0.3) is 5.89 Å². The molecule has 1 fully saturated rings. The fourth-order valence-electron chi connectivity index (χ4n) is 3.67. The number of alkyl halides is 6. The molecule has 0 atom stereocenters. The number of nitrogens with zero attached hydrogens (tertiary/aromatic N) is 3. The summed E-state index contributed by atoms with van der Waals surface area (Å²) in [5.74, 6) is 0.235. The van der Waals surface area contributed by atoms with Crippen LogP contribution in [0.3, 0.4) is 0 Å². The molecule has 1 aliphatic heterocycles. The molecule has 0 amide bonds. The van der Waals surface area contributed by atoms with Crippen molar-refractivity contribution in [3.8, 4) is 11.5 Å². The highest BCUT2D eigenvalue weighted by Gasteiger charge is 2.36. The van der Waals surface area contributed by atoms with E-state index in [1.54, 1.807) is 6.07 Å². The number of hydrogen-bond acceptors (Lipinski definition) is 4. The van der Waals surface area contributed by atoms with E-state index >= 15 is 0 Å². The van der Waals surface area contributed by atoms with Crippen molar-refractivity contribution in [1.82, 2.24) is 15.0 Å². The molecule has 0 N–H and O–H groups in total. The molecular weight excluding hydrogens is 448 g/mol. The molecule has 1 aromatic heterocycles. The highest BCUT2D eigenvalue weighted by Crippen LogP contribution is 2.36. The van der Waals surface area contributed by atoms with Crippen LogP contribution >= 0.6 is 0 Å². The van der Waals surface area contributed by atoms with Crippen molar-refractivity contribution >= 4 is 12.2 Å². The quantitative estimate of drug-likeness (QED) is 0.400. The van der Waals surface area contributed by atoms with Crippen molar-refractivity contribution in [3.05, 3.63) is 70.5 Å². The molecule has 0 radical (unpaired) electrons. The van der Waals surface area contributed by atoms with Crippen LogP contribution in [0.2, 0.25) is 0 Å². The van der Waals surface area contributed by atoms with E-state index in [1.165, 1.54) is 18.9 Å². The minimum atomic E-state index is -4.91. The van der Waals surface area contributed by atoms with Crippen LogP contribution in [0.1, 0.15) is 40.9 Å². The molecule has 0 saturated carbocycles. The predicted molar refractivity (Wildman–Crippen MR) is 110 cm³/mol. The van der Waals surface area contributed by atoms with Crippen LogP contribution in [0, 0.1) is 0 Å². The largest absolute Gasteiger partial charge is 0.416 e. The van der Waals surface area contributed by atoms with Gasteiger partial charge in [-0.05, 0) is 73.5 Å². The second-order valence-electron chi connectivity index (χ2n) is 7.81. The first-order valence-electron chi connectivity index (χ1n) is 10.2. The lowest BCUT2D eigenvalue weighted by molar-refractivity contribution is -0.143. The molecular formula is C23H19F6N3O. The normalized spacial score (nSPS) is 15.6. The van der Waals surface area contributed by atoms with Crippen LogP contribution in [-0.4, -0.2) is 28.1 Å². The maximum absolute atomic E-state index is 13.0. The van der Waals surface area contributed by atoms with E-state index in [-0.39, 0.29) is 23.3 Å². The third-order valence-corrected chi connectivity index (χ3v) is 5.26. The summed E-state index contributed by atoms with van der Waals surface area (Å²) in [5.41, 5.74) is -1.30. The van der Waals surface area contributed by atoms with Gasteiger partial charge in [-0.15, -0.1) is 0 Å². The molecule has 3 aromatic rings. The Morgan fingerprint density at radius 3 is 2.18 bits per heavy atom. The highest BCUT2D eigenvalue weighted by molar-refractivity contribution is 5.68. The molecule has 1 saturated heterocycles. The number of hydrogen-bond donors (Lipinski definition) is 0. The lowest BCUT2D eigenvalue weighted by atomic mass is 10.0. The smallest absolute Gasteiger partial charge is 0.334 e. The van der Waals surface area contributed by atoms with Crippen LogP contribution in [0.15, 0.2) is 47.0 Å². The maximum Gasteiger partial charge on any atom is 0.416 e. The first-order valence-corrected chi connectivity index (χ1v) is 10.2. The molecule has 33 heavy (non-hydrogen) atoms. The summed E-state index contributed by atoms with van der Waals surface area (Å²) in [7, 11) is 0. The van der Waals surface area contributed by atoms with Gasteiger partial charge in [-0.3, -0.25) is 4.90 Å². The lowest BCUT2D eigenvalue weighted by Crippen LogP contribution is -2.18.